The van der Waals surface area contributed by atoms with Crippen LogP contribution in [0.3, 0.4) is 0 Å². The van der Waals surface area contributed by atoms with Crippen LogP contribution in [0.25, 0.3) is 0 Å². The highest BCUT2D eigenvalue weighted by Gasteiger charge is 2.56. The molecule has 0 aromatic carbocycles. The van der Waals surface area contributed by atoms with E-state index in [1.54, 1.807) is 0 Å². The lowest BCUT2D eigenvalue weighted by Gasteiger charge is -2.44. The summed E-state index contributed by atoms with van der Waals surface area (Å²) in [5.74, 6) is 0. The highest BCUT2D eigenvalue weighted by atomic mass is 16.7. The van der Waals surface area contributed by atoms with Crippen molar-refractivity contribution < 1.29 is 19.4 Å². The second kappa shape index (κ2) is 2.14. The number of rotatable bonds is 0. The van der Waals surface area contributed by atoms with Crippen LogP contribution in [0.1, 0.15) is 6.42 Å². The number of aliphatic hydroxyl groups is 1. The molecule has 3 fully saturated rings. The van der Waals surface area contributed by atoms with E-state index in [2.05, 4.69) is 10.6 Å². The van der Waals surface area contributed by atoms with Gasteiger partial charge in [-0.25, -0.2) is 4.79 Å². The third kappa shape index (κ3) is 0.903. The van der Waals surface area contributed by atoms with E-state index in [0.29, 0.717) is 13.0 Å². The maximum absolute atomic E-state index is 11.1. The molecular formula is C7H10N2O4. The zero-order valence-corrected chi connectivity index (χ0v) is 6.82. The molecule has 4 atom stereocenters. The van der Waals surface area contributed by atoms with Crippen LogP contribution in [-0.4, -0.2) is 41.9 Å². The average molecular weight is 186 g/mol. The molecule has 4 bridgehead atoms. The second-order valence-electron chi connectivity index (χ2n) is 3.67. The molecule has 3 heterocycles. The highest BCUT2D eigenvalue weighted by molar-refractivity contribution is 5.76. The van der Waals surface area contributed by atoms with Gasteiger partial charge in [-0.05, 0) is 0 Å². The molecule has 0 unspecified atom stereocenters. The first-order chi connectivity index (χ1) is 6.17. The molecule has 72 valence electrons. The predicted molar refractivity (Wildman–Crippen MR) is 39.6 cm³/mol. The second-order valence-corrected chi connectivity index (χ2v) is 3.67. The third-order valence-electron chi connectivity index (χ3n) is 2.73. The molecule has 3 saturated heterocycles. The zero-order chi connectivity index (χ0) is 9.05. The molecule has 13 heavy (non-hydrogen) atoms. The summed E-state index contributed by atoms with van der Waals surface area (Å²) in [5, 5.41) is 15.0. The Balaban J connectivity index is 1.97. The predicted octanol–water partition coefficient (Wildman–Crippen LogP) is -1.50. The topological polar surface area (TPSA) is 79.8 Å². The first-order valence-corrected chi connectivity index (χ1v) is 4.25. The molecule has 3 N–H and O–H groups in total. The van der Waals surface area contributed by atoms with Crippen LogP contribution in [0.5, 0.6) is 0 Å². The molecule has 0 aliphatic carbocycles. The van der Waals surface area contributed by atoms with E-state index in [1.807, 2.05) is 0 Å². The molecular weight excluding hydrogens is 176 g/mol. The summed E-state index contributed by atoms with van der Waals surface area (Å²) in [7, 11) is 0. The largest absolute Gasteiger partial charge is 0.366 e. The summed E-state index contributed by atoms with van der Waals surface area (Å²) in [6.07, 6.45) is -0.384. The fraction of sp³-hybridized carbons (Fsp3) is 0.857. The third-order valence-corrected chi connectivity index (χ3v) is 2.73. The van der Waals surface area contributed by atoms with E-state index < -0.39 is 12.0 Å². The molecule has 0 aromatic heterocycles. The molecule has 3 aliphatic heterocycles. The van der Waals surface area contributed by atoms with E-state index in [4.69, 9.17) is 9.47 Å². The Morgan fingerprint density at radius 3 is 3.31 bits per heavy atom. The van der Waals surface area contributed by atoms with Crippen molar-refractivity contribution in [3.63, 3.8) is 0 Å². The number of urea groups is 1. The minimum absolute atomic E-state index is 0.115. The first-order valence-electron chi connectivity index (χ1n) is 4.25. The summed E-state index contributed by atoms with van der Waals surface area (Å²) in [5.41, 5.74) is -1.35. The van der Waals surface area contributed by atoms with Crippen molar-refractivity contribution in [1.29, 1.82) is 0 Å². The van der Waals surface area contributed by atoms with Crippen LogP contribution in [0.15, 0.2) is 0 Å². The lowest BCUT2D eigenvalue weighted by atomic mass is 9.95. The van der Waals surface area contributed by atoms with Crippen molar-refractivity contribution in [1.82, 2.24) is 10.6 Å². The number of carbonyl (C=O) groups is 1. The van der Waals surface area contributed by atoms with E-state index in [0.717, 1.165) is 0 Å². The van der Waals surface area contributed by atoms with Gasteiger partial charge in [-0.15, -0.1) is 0 Å². The zero-order valence-electron chi connectivity index (χ0n) is 6.82. The van der Waals surface area contributed by atoms with Crippen molar-refractivity contribution in [2.45, 2.75) is 30.6 Å². The lowest BCUT2D eigenvalue weighted by Crippen LogP contribution is -2.71. The van der Waals surface area contributed by atoms with Crippen molar-refractivity contribution in [2.24, 2.45) is 0 Å². The Hall–Kier alpha value is -0.850. The van der Waals surface area contributed by atoms with E-state index in [-0.39, 0.29) is 18.2 Å². The Bertz CT molecular complexity index is 271. The Kier molecular flexibility index (Phi) is 1.24. The maximum atomic E-state index is 11.1. The normalized spacial score (nSPS) is 52.7. The van der Waals surface area contributed by atoms with Crippen LogP contribution in [0.2, 0.25) is 0 Å². The van der Waals surface area contributed by atoms with Gasteiger partial charge in [0.2, 0.25) is 6.29 Å². The molecule has 6 nitrogen and oxygen atoms in total. The van der Waals surface area contributed by atoms with E-state index in [1.165, 1.54) is 0 Å². The standard InChI is InChI=1S/C7H10N2O4/c10-6-8-3-1-7(11,9-6)5-12-2-4(3)13-5/h3-5,11H,1-2H2,(H2,8,9,10)/t3-,4+,5-,7-/m0/s1. The number of carbonyl (C=O) groups excluding carboxylic acids is 1. The lowest BCUT2D eigenvalue weighted by molar-refractivity contribution is -0.231. The number of nitrogens with one attached hydrogen (secondary N) is 2. The van der Waals surface area contributed by atoms with Gasteiger partial charge in [0.1, 0.15) is 6.10 Å². The summed E-state index contributed by atoms with van der Waals surface area (Å²) in [4.78, 5) is 11.1. The molecule has 0 radical (unpaired) electrons. The van der Waals surface area contributed by atoms with Crippen LogP contribution in [0, 0.1) is 0 Å². The summed E-state index contributed by atoms with van der Waals surface area (Å²) >= 11 is 0. The SMILES string of the molecule is O=C1N[C@H]2C[C@@](O)(N1)[C@H]1OC[C@H]2O1. The summed E-state index contributed by atoms with van der Waals surface area (Å²) in [6, 6.07) is -0.500. The van der Waals surface area contributed by atoms with Gasteiger partial charge >= 0.3 is 6.03 Å². The van der Waals surface area contributed by atoms with Crippen molar-refractivity contribution in [3.05, 3.63) is 0 Å². The average Bonchev–Trinajstić information content (AvgIpc) is 2.46. The van der Waals surface area contributed by atoms with Gasteiger partial charge in [0, 0.05) is 6.42 Å². The number of hydrogen-bond acceptors (Lipinski definition) is 4. The van der Waals surface area contributed by atoms with Crippen LogP contribution in [0.4, 0.5) is 4.79 Å². The summed E-state index contributed by atoms with van der Waals surface area (Å²) in [6.45, 7) is 0.430. The molecule has 2 amide bonds. The smallest absolute Gasteiger partial charge is 0.317 e. The first kappa shape index (κ1) is 7.54. The van der Waals surface area contributed by atoms with Crippen molar-refractivity contribution in [3.8, 4) is 0 Å². The fourth-order valence-corrected chi connectivity index (χ4v) is 2.10. The van der Waals surface area contributed by atoms with Crippen LogP contribution in [-0.2, 0) is 9.47 Å². The van der Waals surface area contributed by atoms with E-state index in [9.17, 15) is 9.90 Å². The minimum Gasteiger partial charge on any atom is -0.366 e. The quantitative estimate of drug-likeness (QED) is 0.430. The van der Waals surface area contributed by atoms with Crippen molar-refractivity contribution in [2.75, 3.05) is 6.61 Å². The Labute approximate surface area is 74.2 Å². The van der Waals surface area contributed by atoms with Gasteiger partial charge in [0.15, 0.2) is 5.72 Å². The number of hydrogen-bond donors (Lipinski definition) is 3. The minimum atomic E-state index is -1.35. The molecule has 0 aromatic rings. The maximum Gasteiger partial charge on any atom is 0.317 e. The molecule has 3 aliphatic rings. The number of fused-ring (bicyclic) bond motifs is 6. The van der Waals surface area contributed by atoms with Crippen LogP contribution >= 0.6 is 0 Å². The van der Waals surface area contributed by atoms with E-state index >= 15 is 0 Å². The Morgan fingerprint density at radius 1 is 1.62 bits per heavy atom. The molecule has 0 saturated carbocycles. The van der Waals surface area contributed by atoms with Gasteiger partial charge in [-0.2, -0.15) is 0 Å². The van der Waals surface area contributed by atoms with Gasteiger partial charge in [-0.3, -0.25) is 0 Å². The molecule has 3 rings (SSSR count). The van der Waals surface area contributed by atoms with Gasteiger partial charge in [0.05, 0.1) is 12.6 Å². The molecule has 0 spiro atoms. The highest BCUT2D eigenvalue weighted by Crippen LogP contribution is 2.35. The summed E-state index contributed by atoms with van der Waals surface area (Å²) < 4.78 is 10.6. The number of ether oxygens (including phenoxy) is 2. The van der Waals surface area contributed by atoms with Gasteiger partial charge in [0.25, 0.3) is 0 Å². The van der Waals surface area contributed by atoms with Crippen molar-refractivity contribution >= 4 is 6.03 Å². The van der Waals surface area contributed by atoms with Gasteiger partial charge in [-0.1, -0.05) is 0 Å². The van der Waals surface area contributed by atoms with Gasteiger partial charge < -0.3 is 25.2 Å². The van der Waals surface area contributed by atoms with Crippen LogP contribution < -0.4 is 10.6 Å². The monoisotopic (exact) mass is 186 g/mol. The molecule has 6 heteroatoms. The number of amides is 2. The fourth-order valence-electron chi connectivity index (χ4n) is 2.10. The Morgan fingerprint density at radius 2 is 2.46 bits per heavy atom.